The van der Waals surface area contributed by atoms with Crippen LogP contribution in [0.1, 0.15) is 46.0 Å². The predicted octanol–water partition coefficient (Wildman–Crippen LogP) is 1.63. The second kappa shape index (κ2) is 10.9. The molecule has 1 aliphatic heterocycles. The lowest BCUT2D eigenvalue weighted by molar-refractivity contribution is -0.132. The van der Waals surface area contributed by atoms with Gasteiger partial charge >= 0.3 is 0 Å². The first kappa shape index (κ1) is 20.3. The van der Waals surface area contributed by atoms with Crippen molar-refractivity contribution in [3.05, 3.63) is 0 Å². The maximum Gasteiger partial charge on any atom is 0.225 e. The number of ether oxygens (including phenoxy) is 2. The molecule has 1 saturated heterocycles. The van der Waals surface area contributed by atoms with Crippen LogP contribution in [0.5, 0.6) is 0 Å². The molecule has 0 aromatic heterocycles. The number of nitrogens with zero attached hydrogens (tertiary/aromatic N) is 1. The molecule has 0 aromatic carbocycles. The van der Waals surface area contributed by atoms with Crippen LogP contribution in [-0.2, 0) is 19.1 Å². The average molecular weight is 354 g/mol. The molecule has 1 amide bonds. The van der Waals surface area contributed by atoms with Crippen LogP contribution < -0.4 is 5.32 Å². The minimum atomic E-state index is 0.110. The second-order valence-corrected chi connectivity index (χ2v) is 7.08. The molecular weight excluding hydrogens is 320 g/mol. The van der Waals surface area contributed by atoms with E-state index in [1.165, 1.54) is 0 Å². The van der Waals surface area contributed by atoms with E-state index in [0.717, 1.165) is 38.8 Å². The Morgan fingerprint density at radius 1 is 0.960 bits per heavy atom. The summed E-state index contributed by atoms with van der Waals surface area (Å²) < 4.78 is 10.6. The highest BCUT2D eigenvalue weighted by molar-refractivity contribution is 5.81. The zero-order chi connectivity index (χ0) is 18.1. The Kier molecular flexibility index (Phi) is 8.85. The monoisotopic (exact) mass is 354 g/mol. The highest BCUT2D eigenvalue weighted by atomic mass is 16.5. The van der Waals surface area contributed by atoms with Gasteiger partial charge in [-0.2, -0.15) is 0 Å². The molecule has 2 rings (SSSR count). The molecule has 2 aliphatic rings. The van der Waals surface area contributed by atoms with Crippen molar-refractivity contribution in [1.82, 2.24) is 10.2 Å². The van der Waals surface area contributed by atoms with Gasteiger partial charge in [0.15, 0.2) is 0 Å². The smallest absolute Gasteiger partial charge is 0.225 e. The van der Waals surface area contributed by atoms with Crippen molar-refractivity contribution in [2.75, 3.05) is 46.1 Å². The van der Waals surface area contributed by atoms with Crippen LogP contribution in [0.15, 0.2) is 0 Å². The quantitative estimate of drug-likeness (QED) is 0.571. The van der Waals surface area contributed by atoms with E-state index in [1.54, 1.807) is 0 Å². The normalized spacial score (nSPS) is 24.7. The Balaban J connectivity index is 1.52. The highest BCUT2D eigenvalue weighted by Gasteiger charge is 2.38. The number of carbonyl (C=O) groups excluding carboxylic acids is 2. The van der Waals surface area contributed by atoms with Gasteiger partial charge in [0.2, 0.25) is 5.91 Å². The summed E-state index contributed by atoms with van der Waals surface area (Å²) in [6, 6.07) is 0.562. The number of nitrogens with one attached hydrogen (secondary N) is 1. The first-order chi connectivity index (χ1) is 12.2. The van der Waals surface area contributed by atoms with E-state index >= 15 is 0 Å². The highest BCUT2D eigenvalue weighted by Crippen LogP contribution is 2.32. The van der Waals surface area contributed by atoms with Gasteiger partial charge in [-0.05, 0) is 32.6 Å². The molecule has 2 fully saturated rings. The van der Waals surface area contributed by atoms with Crippen LogP contribution in [-0.4, -0.2) is 68.7 Å². The van der Waals surface area contributed by atoms with Gasteiger partial charge in [0.25, 0.3) is 0 Å². The van der Waals surface area contributed by atoms with Crippen LogP contribution in [0, 0.1) is 11.8 Å². The maximum atomic E-state index is 12.1. The van der Waals surface area contributed by atoms with Crippen molar-refractivity contribution in [2.24, 2.45) is 11.8 Å². The van der Waals surface area contributed by atoms with Crippen molar-refractivity contribution in [1.29, 1.82) is 0 Å². The zero-order valence-electron chi connectivity index (χ0n) is 15.8. The number of likely N-dealkylation sites (tertiary alicyclic amines) is 1. The molecule has 0 atom stereocenters. The first-order valence-corrected chi connectivity index (χ1v) is 9.85. The van der Waals surface area contributed by atoms with E-state index in [4.69, 9.17) is 9.47 Å². The minimum Gasteiger partial charge on any atom is -0.379 e. The molecular formula is C19H34N2O4. The molecule has 1 N–H and O–H groups in total. The lowest BCUT2D eigenvalue weighted by atomic mass is 9.80. The molecule has 25 heavy (non-hydrogen) atoms. The number of carbonyl (C=O) groups is 2. The summed E-state index contributed by atoms with van der Waals surface area (Å²) in [7, 11) is 0. The Morgan fingerprint density at radius 2 is 1.64 bits per heavy atom. The minimum absolute atomic E-state index is 0.110. The van der Waals surface area contributed by atoms with Crippen molar-refractivity contribution in [2.45, 2.75) is 52.0 Å². The Bertz CT molecular complexity index is 416. The summed E-state index contributed by atoms with van der Waals surface area (Å²) in [5, 5.41) is 2.95. The van der Waals surface area contributed by atoms with Crippen LogP contribution in [0.4, 0.5) is 0 Å². The fraction of sp³-hybridized carbons (Fsp3) is 0.895. The lowest BCUT2D eigenvalue weighted by Gasteiger charge is -2.45. The number of amides is 1. The van der Waals surface area contributed by atoms with E-state index in [9.17, 15) is 9.59 Å². The van der Waals surface area contributed by atoms with Crippen molar-refractivity contribution >= 4 is 11.7 Å². The summed E-state index contributed by atoms with van der Waals surface area (Å²) in [5.41, 5.74) is 0. The molecule has 0 aromatic rings. The van der Waals surface area contributed by atoms with Gasteiger partial charge < -0.3 is 14.8 Å². The topological polar surface area (TPSA) is 67.9 Å². The standard InChI is InChI=1S/C19H34N2O4/c1-3-18(22)15-5-7-17(8-6-15)21-13-16(14-21)19(23)20-9-10-25-12-11-24-4-2/h15-17H,3-14H2,1-2H3,(H,20,23). The van der Waals surface area contributed by atoms with Crippen LogP contribution in [0.2, 0.25) is 0 Å². The van der Waals surface area contributed by atoms with Gasteiger partial charge in [-0.15, -0.1) is 0 Å². The fourth-order valence-corrected chi connectivity index (χ4v) is 3.78. The molecule has 0 bridgehead atoms. The number of hydrogen-bond donors (Lipinski definition) is 1. The summed E-state index contributed by atoms with van der Waals surface area (Å²) >= 11 is 0. The van der Waals surface area contributed by atoms with Crippen molar-refractivity contribution in [3.8, 4) is 0 Å². The van der Waals surface area contributed by atoms with Gasteiger partial charge in [0.1, 0.15) is 5.78 Å². The van der Waals surface area contributed by atoms with Gasteiger partial charge in [-0.25, -0.2) is 0 Å². The van der Waals surface area contributed by atoms with Gasteiger partial charge in [0, 0.05) is 44.6 Å². The number of rotatable bonds is 11. The number of hydrogen-bond acceptors (Lipinski definition) is 5. The van der Waals surface area contributed by atoms with E-state index in [1.807, 2.05) is 13.8 Å². The van der Waals surface area contributed by atoms with Crippen molar-refractivity contribution < 1.29 is 19.1 Å². The lowest BCUT2D eigenvalue weighted by Crippen LogP contribution is -2.58. The molecule has 6 nitrogen and oxygen atoms in total. The Hall–Kier alpha value is -0.980. The number of Topliss-reactive ketones (excluding diaryl/α,β-unsaturated/α-hetero) is 1. The average Bonchev–Trinajstić information content (AvgIpc) is 2.59. The second-order valence-electron chi connectivity index (χ2n) is 7.08. The molecule has 0 spiro atoms. The molecule has 0 radical (unpaired) electrons. The third kappa shape index (κ3) is 6.35. The van der Waals surface area contributed by atoms with E-state index in [2.05, 4.69) is 10.2 Å². The van der Waals surface area contributed by atoms with Gasteiger partial charge in [-0.3, -0.25) is 14.5 Å². The largest absolute Gasteiger partial charge is 0.379 e. The van der Waals surface area contributed by atoms with Crippen LogP contribution >= 0.6 is 0 Å². The SMILES string of the molecule is CCOCCOCCNC(=O)C1CN(C2CCC(C(=O)CC)CC2)C1. The van der Waals surface area contributed by atoms with Crippen molar-refractivity contribution in [3.63, 3.8) is 0 Å². The molecule has 1 saturated carbocycles. The van der Waals surface area contributed by atoms with E-state index in [0.29, 0.717) is 51.2 Å². The van der Waals surface area contributed by atoms with E-state index in [-0.39, 0.29) is 17.7 Å². The summed E-state index contributed by atoms with van der Waals surface area (Å²) in [6.07, 6.45) is 4.89. The molecule has 6 heteroatoms. The Labute approximate surface area is 151 Å². The fourth-order valence-electron chi connectivity index (χ4n) is 3.78. The third-order valence-electron chi connectivity index (χ3n) is 5.42. The van der Waals surface area contributed by atoms with Gasteiger partial charge in [0.05, 0.1) is 25.7 Å². The summed E-state index contributed by atoms with van der Waals surface area (Å²) in [5.74, 6) is 0.949. The summed E-state index contributed by atoms with van der Waals surface area (Å²) in [6.45, 7) is 8.60. The Morgan fingerprint density at radius 3 is 2.28 bits per heavy atom. The third-order valence-corrected chi connectivity index (χ3v) is 5.42. The van der Waals surface area contributed by atoms with Crippen LogP contribution in [0.3, 0.4) is 0 Å². The first-order valence-electron chi connectivity index (χ1n) is 9.85. The molecule has 0 unspecified atom stereocenters. The van der Waals surface area contributed by atoms with Gasteiger partial charge in [-0.1, -0.05) is 6.92 Å². The maximum absolute atomic E-state index is 12.1. The molecule has 1 heterocycles. The molecule has 1 aliphatic carbocycles. The number of ketones is 1. The predicted molar refractivity (Wildman–Crippen MR) is 96.4 cm³/mol. The van der Waals surface area contributed by atoms with E-state index < -0.39 is 0 Å². The summed E-state index contributed by atoms with van der Waals surface area (Å²) in [4.78, 5) is 26.3. The zero-order valence-corrected chi connectivity index (χ0v) is 15.8. The van der Waals surface area contributed by atoms with Crippen LogP contribution in [0.25, 0.3) is 0 Å². The molecule has 144 valence electrons.